The van der Waals surface area contributed by atoms with Gasteiger partial charge in [-0.2, -0.15) is 5.10 Å². The second-order valence-corrected chi connectivity index (χ2v) is 5.25. The Bertz CT molecular complexity index is 606. The fraction of sp³-hybridized carbons (Fsp3) is 0.0667. The highest BCUT2D eigenvalue weighted by atomic mass is 127. The summed E-state index contributed by atoms with van der Waals surface area (Å²) in [6, 6.07) is 15.2. The van der Waals surface area contributed by atoms with Gasteiger partial charge in [0.1, 0.15) is 0 Å². The van der Waals surface area contributed by atoms with Crippen molar-refractivity contribution in [1.29, 1.82) is 0 Å². The van der Waals surface area contributed by atoms with Crippen LogP contribution in [0.1, 0.15) is 21.5 Å². The number of hydrogen-bond donors (Lipinski definition) is 1. The van der Waals surface area contributed by atoms with Crippen molar-refractivity contribution < 1.29 is 4.79 Å². The van der Waals surface area contributed by atoms with Crippen LogP contribution in [0.2, 0.25) is 0 Å². The second kappa shape index (κ2) is 6.47. The molecule has 4 heteroatoms. The number of hydrogen-bond acceptors (Lipinski definition) is 2. The van der Waals surface area contributed by atoms with Gasteiger partial charge in [0.25, 0.3) is 5.91 Å². The number of nitrogens with zero attached hydrogens (tertiary/aromatic N) is 1. The van der Waals surface area contributed by atoms with Gasteiger partial charge >= 0.3 is 0 Å². The monoisotopic (exact) mass is 364 g/mol. The van der Waals surface area contributed by atoms with Crippen LogP contribution in [-0.2, 0) is 0 Å². The highest BCUT2D eigenvalue weighted by molar-refractivity contribution is 14.1. The van der Waals surface area contributed by atoms with E-state index in [1.807, 2.05) is 43.3 Å². The van der Waals surface area contributed by atoms with Crippen molar-refractivity contribution in [3.8, 4) is 0 Å². The van der Waals surface area contributed by atoms with Crippen LogP contribution in [0.25, 0.3) is 0 Å². The van der Waals surface area contributed by atoms with Crippen molar-refractivity contribution in [2.75, 3.05) is 0 Å². The third-order valence-corrected chi connectivity index (χ3v) is 3.57. The van der Waals surface area contributed by atoms with E-state index in [9.17, 15) is 4.79 Å². The molecular formula is C15H13IN2O. The zero-order valence-corrected chi connectivity index (χ0v) is 12.6. The standard InChI is InChI=1S/C15H13IN2O/c1-11-6-8-12(9-7-11)15(19)18-17-10-13-4-2-3-5-14(13)16/h2-10H,1H3,(H,18,19)/b17-10+. The summed E-state index contributed by atoms with van der Waals surface area (Å²) in [4.78, 5) is 11.8. The average molecular weight is 364 g/mol. The lowest BCUT2D eigenvalue weighted by atomic mass is 10.1. The van der Waals surface area contributed by atoms with E-state index in [2.05, 4.69) is 33.1 Å². The zero-order chi connectivity index (χ0) is 13.7. The summed E-state index contributed by atoms with van der Waals surface area (Å²) in [6.45, 7) is 1.98. The highest BCUT2D eigenvalue weighted by Crippen LogP contribution is 2.08. The van der Waals surface area contributed by atoms with Crippen LogP contribution in [0, 0.1) is 10.5 Å². The zero-order valence-electron chi connectivity index (χ0n) is 10.4. The minimum absolute atomic E-state index is 0.206. The van der Waals surface area contributed by atoms with E-state index in [0.717, 1.165) is 14.7 Å². The maximum absolute atomic E-state index is 11.8. The fourth-order valence-electron chi connectivity index (χ4n) is 1.51. The number of carbonyl (C=O) groups excluding carboxylic acids is 1. The number of benzene rings is 2. The summed E-state index contributed by atoms with van der Waals surface area (Å²) in [5.74, 6) is -0.206. The molecule has 0 aliphatic rings. The van der Waals surface area contributed by atoms with Gasteiger partial charge in [-0.05, 0) is 47.7 Å². The third-order valence-electron chi connectivity index (χ3n) is 2.59. The number of nitrogens with one attached hydrogen (secondary N) is 1. The Morgan fingerprint density at radius 1 is 1.16 bits per heavy atom. The maximum Gasteiger partial charge on any atom is 0.271 e. The van der Waals surface area contributed by atoms with E-state index in [0.29, 0.717) is 5.56 Å². The van der Waals surface area contributed by atoms with Gasteiger partial charge in [-0.3, -0.25) is 4.79 Å². The molecule has 1 amide bonds. The Kier molecular flexibility index (Phi) is 4.68. The van der Waals surface area contributed by atoms with Crippen molar-refractivity contribution in [2.45, 2.75) is 6.92 Å². The quantitative estimate of drug-likeness (QED) is 0.507. The van der Waals surface area contributed by atoms with Gasteiger partial charge in [0.05, 0.1) is 6.21 Å². The van der Waals surface area contributed by atoms with Gasteiger partial charge in [-0.15, -0.1) is 0 Å². The molecule has 2 aromatic carbocycles. The van der Waals surface area contributed by atoms with Gasteiger partial charge in [-0.1, -0.05) is 35.9 Å². The van der Waals surface area contributed by atoms with E-state index < -0.39 is 0 Å². The molecule has 0 atom stereocenters. The van der Waals surface area contributed by atoms with Crippen LogP contribution in [0.4, 0.5) is 0 Å². The molecule has 0 fully saturated rings. The molecule has 0 aromatic heterocycles. The molecule has 0 aliphatic heterocycles. The number of hydrazone groups is 1. The maximum atomic E-state index is 11.8. The summed E-state index contributed by atoms with van der Waals surface area (Å²) in [5, 5.41) is 3.97. The Balaban J connectivity index is 2.01. The van der Waals surface area contributed by atoms with E-state index in [1.54, 1.807) is 18.3 Å². The first kappa shape index (κ1) is 13.7. The second-order valence-electron chi connectivity index (χ2n) is 4.09. The molecule has 19 heavy (non-hydrogen) atoms. The molecule has 3 nitrogen and oxygen atoms in total. The summed E-state index contributed by atoms with van der Waals surface area (Å²) in [5.41, 5.74) is 5.23. The number of carbonyl (C=O) groups is 1. The predicted octanol–water partition coefficient (Wildman–Crippen LogP) is 3.36. The molecule has 2 aromatic rings. The largest absolute Gasteiger partial charge is 0.271 e. The molecule has 96 valence electrons. The highest BCUT2D eigenvalue weighted by Gasteiger charge is 2.02. The fourth-order valence-corrected chi connectivity index (χ4v) is 2.04. The average Bonchev–Trinajstić information content (AvgIpc) is 2.41. The van der Waals surface area contributed by atoms with Gasteiger partial charge < -0.3 is 0 Å². The third kappa shape index (κ3) is 3.89. The molecule has 0 aliphatic carbocycles. The van der Waals surface area contributed by atoms with Crippen LogP contribution in [0.15, 0.2) is 53.6 Å². The van der Waals surface area contributed by atoms with Gasteiger partial charge in [-0.25, -0.2) is 5.43 Å². The van der Waals surface area contributed by atoms with Crippen LogP contribution < -0.4 is 5.43 Å². The van der Waals surface area contributed by atoms with Crippen LogP contribution in [0.5, 0.6) is 0 Å². The molecule has 0 saturated carbocycles. The molecule has 1 N–H and O–H groups in total. The minimum Gasteiger partial charge on any atom is -0.267 e. The van der Waals surface area contributed by atoms with Gasteiger partial charge in [0.2, 0.25) is 0 Å². The van der Waals surface area contributed by atoms with Crippen LogP contribution >= 0.6 is 22.6 Å². The molecule has 0 heterocycles. The Morgan fingerprint density at radius 2 is 1.84 bits per heavy atom. The van der Waals surface area contributed by atoms with Gasteiger partial charge in [0, 0.05) is 14.7 Å². The van der Waals surface area contributed by atoms with Crippen molar-refractivity contribution in [3.05, 3.63) is 68.8 Å². The SMILES string of the molecule is Cc1ccc(C(=O)N/N=C/c2ccccc2I)cc1. The number of aryl methyl sites for hydroxylation is 1. The first-order valence-corrected chi connectivity index (χ1v) is 6.89. The lowest BCUT2D eigenvalue weighted by molar-refractivity contribution is 0.0955. The molecule has 0 bridgehead atoms. The number of amides is 1. The summed E-state index contributed by atoms with van der Waals surface area (Å²) >= 11 is 2.23. The van der Waals surface area contributed by atoms with Crippen LogP contribution in [-0.4, -0.2) is 12.1 Å². The minimum atomic E-state index is -0.206. The summed E-state index contributed by atoms with van der Waals surface area (Å²) in [7, 11) is 0. The molecule has 0 spiro atoms. The predicted molar refractivity (Wildman–Crippen MR) is 85.4 cm³/mol. The van der Waals surface area contributed by atoms with Crippen LogP contribution in [0.3, 0.4) is 0 Å². The number of halogens is 1. The number of rotatable bonds is 3. The normalized spacial score (nSPS) is 10.6. The van der Waals surface area contributed by atoms with E-state index in [4.69, 9.17) is 0 Å². The Hall–Kier alpha value is -1.69. The van der Waals surface area contributed by atoms with E-state index in [1.165, 1.54) is 0 Å². The molecule has 0 unspecified atom stereocenters. The molecule has 0 radical (unpaired) electrons. The first-order chi connectivity index (χ1) is 9.16. The smallest absolute Gasteiger partial charge is 0.267 e. The van der Waals surface area contributed by atoms with E-state index >= 15 is 0 Å². The van der Waals surface area contributed by atoms with E-state index in [-0.39, 0.29) is 5.91 Å². The Morgan fingerprint density at radius 3 is 2.53 bits per heavy atom. The molecular weight excluding hydrogens is 351 g/mol. The van der Waals surface area contributed by atoms with Gasteiger partial charge in [0.15, 0.2) is 0 Å². The molecule has 0 saturated heterocycles. The van der Waals surface area contributed by atoms with Crippen molar-refractivity contribution in [1.82, 2.24) is 5.43 Å². The van der Waals surface area contributed by atoms with Crippen molar-refractivity contribution in [2.24, 2.45) is 5.10 Å². The summed E-state index contributed by atoms with van der Waals surface area (Å²) in [6.07, 6.45) is 1.65. The van der Waals surface area contributed by atoms with Crippen molar-refractivity contribution >= 4 is 34.7 Å². The topological polar surface area (TPSA) is 41.5 Å². The first-order valence-electron chi connectivity index (χ1n) is 5.81. The lowest BCUT2D eigenvalue weighted by Gasteiger charge is -2.00. The molecule has 2 rings (SSSR count). The lowest BCUT2D eigenvalue weighted by Crippen LogP contribution is -2.17. The Labute approximate surface area is 125 Å². The van der Waals surface area contributed by atoms with Crippen molar-refractivity contribution in [3.63, 3.8) is 0 Å². The summed E-state index contributed by atoms with van der Waals surface area (Å²) < 4.78 is 1.09.